The number of rotatable bonds is 4. The van der Waals surface area contributed by atoms with E-state index in [1.165, 1.54) is 0 Å². The zero-order valence-corrected chi connectivity index (χ0v) is 13.5. The van der Waals surface area contributed by atoms with Crippen LogP contribution >= 0.6 is 0 Å². The highest BCUT2D eigenvalue weighted by atomic mass is 16.5. The fraction of sp³-hybridized carbons (Fsp3) is 0.588. The zero-order chi connectivity index (χ0) is 16.1. The van der Waals surface area contributed by atoms with Gasteiger partial charge in [-0.3, -0.25) is 0 Å². The molecule has 3 rings (SSSR count). The topological polar surface area (TPSA) is 68.8 Å². The number of urea groups is 1. The molecule has 0 unspecified atom stereocenters. The van der Waals surface area contributed by atoms with Gasteiger partial charge in [-0.05, 0) is 37.5 Å². The molecular formula is C17H24N2O4. The van der Waals surface area contributed by atoms with E-state index in [-0.39, 0.29) is 18.2 Å². The highest BCUT2D eigenvalue weighted by molar-refractivity contribution is 5.74. The van der Waals surface area contributed by atoms with Crippen LogP contribution in [0.2, 0.25) is 0 Å². The number of benzene rings is 1. The van der Waals surface area contributed by atoms with E-state index in [1.807, 2.05) is 25.1 Å². The molecule has 0 aromatic heterocycles. The Labute approximate surface area is 136 Å². The van der Waals surface area contributed by atoms with Crippen LogP contribution in [0.3, 0.4) is 0 Å². The van der Waals surface area contributed by atoms with E-state index >= 15 is 0 Å². The first-order chi connectivity index (χ1) is 11.2. The summed E-state index contributed by atoms with van der Waals surface area (Å²) in [7, 11) is 0. The van der Waals surface area contributed by atoms with Crippen molar-refractivity contribution in [3.8, 4) is 11.5 Å². The van der Waals surface area contributed by atoms with Crippen LogP contribution in [0.15, 0.2) is 18.2 Å². The standard InChI is InChI=1S/C17H24N2O4/c1-12(19-17(20)18-11-14-4-2-7-21-14)13-5-6-15-16(10-13)23-9-3-8-22-15/h5-6,10,12,14H,2-4,7-9,11H2,1H3,(H2,18,19,20)/t12-,14+/m0/s1. The summed E-state index contributed by atoms with van der Waals surface area (Å²) in [5.74, 6) is 1.51. The summed E-state index contributed by atoms with van der Waals surface area (Å²) in [6.07, 6.45) is 3.11. The summed E-state index contributed by atoms with van der Waals surface area (Å²) in [5.41, 5.74) is 0.988. The maximum atomic E-state index is 12.0. The van der Waals surface area contributed by atoms with Gasteiger partial charge in [-0.15, -0.1) is 0 Å². The molecule has 2 amide bonds. The number of amides is 2. The van der Waals surface area contributed by atoms with Crippen molar-refractivity contribution in [2.24, 2.45) is 0 Å². The predicted molar refractivity (Wildman–Crippen MR) is 86.0 cm³/mol. The summed E-state index contributed by atoms with van der Waals surface area (Å²) in [6.45, 7) is 4.62. The molecule has 2 aliphatic rings. The monoisotopic (exact) mass is 320 g/mol. The third-order valence-corrected chi connectivity index (χ3v) is 4.13. The first-order valence-corrected chi connectivity index (χ1v) is 8.28. The molecule has 2 heterocycles. The van der Waals surface area contributed by atoms with Gasteiger partial charge in [0.25, 0.3) is 0 Å². The number of nitrogens with one attached hydrogen (secondary N) is 2. The molecule has 6 heteroatoms. The minimum atomic E-state index is -0.180. The van der Waals surface area contributed by atoms with E-state index in [1.54, 1.807) is 0 Å². The van der Waals surface area contributed by atoms with E-state index in [4.69, 9.17) is 14.2 Å². The van der Waals surface area contributed by atoms with Gasteiger partial charge in [0.1, 0.15) is 0 Å². The Morgan fingerprint density at radius 1 is 1.22 bits per heavy atom. The van der Waals surface area contributed by atoms with E-state index in [2.05, 4.69) is 10.6 Å². The highest BCUT2D eigenvalue weighted by Crippen LogP contribution is 2.32. The quantitative estimate of drug-likeness (QED) is 0.894. The van der Waals surface area contributed by atoms with Crippen molar-refractivity contribution in [3.05, 3.63) is 23.8 Å². The lowest BCUT2D eigenvalue weighted by molar-refractivity contribution is 0.111. The Hall–Kier alpha value is -1.95. The first-order valence-electron chi connectivity index (χ1n) is 8.28. The Morgan fingerprint density at radius 2 is 2.04 bits per heavy atom. The lowest BCUT2D eigenvalue weighted by Gasteiger charge is -2.18. The molecule has 2 aliphatic heterocycles. The Bertz CT molecular complexity index is 543. The number of fused-ring (bicyclic) bond motifs is 1. The smallest absolute Gasteiger partial charge is 0.315 e. The number of carbonyl (C=O) groups is 1. The van der Waals surface area contributed by atoms with Crippen molar-refractivity contribution in [3.63, 3.8) is 0 Å². The van der Waals surface area contributed by atoms with Gasteiger partial charge in [-0.25, -0.2) is 4.79 Å². The fourth-order valence-corrected chi connectivity index (χ4v) is 2.79. The lowest BCUT2D eigenvalue weighted by atomic mass is 10.1. The minimum Gasteiger partial charge on any atom is -0.490 e. The molecule has 0 radical (unpaired) electrons. The van der Waals surface area contributed by atoms with Gasteiger partial charge in [0, 0.05) is 19.6 Å². The zero-order valence-electron chi connectivity index (χ0n) is 13.5. The van der Waals surface area contributed by atoms with Gasteiger partial charge in [0.05, 0.1) is 25.4 Å². The van der Waals surface area contributed by atoms with Gasteiger partial charge < -0.3 is 24.8 Å². The van der Waals surface area contributed by atoms with Crippen molar-refractivity contribution in [2.45, 2.75) is 38.3 Å². The Balaban J connectivity index is 1.53. The van der Waals surface area contributed by atoms with Gasteiger partial charge in [-0.1, -0.05) is 6.07 Å². The van der Waals surface area contributed by atoms with E-state index in [0.29, 0.717) is 19.8 Å². The maximum absolute atomic E-state index is 12.0. The molecule has 126 valence electrons. The molecule has 0 aliphatic carbocycles. The molecule has 1 saturated heterocycles. The van der Waals surface area contributed by atoms with Gasteiger partial charge in [-0.2, -0.15) is 0 Å². The van der Waals surface area contributed by atoms with Crippen molar-refractivity contribution in [2.75, 3.05) is 26.4 Å². The molecule has 1 aromatic carbocycles. The Morgan fingerprint density at radius 3 is 2.83 bits per heavy atom. The maximum Gasteiger partial charge on any atom is 0.315 e. The van der Waals surface area contributed by atoms with E-state index in [0.717, 1.165) is 42.9 Å². The average molecular weight is 320 g/mol. The number of ether oxygens (including phenoxy) is 3. The third kappa shape index (κ3) is 4.28. The van der Waals surface area contributed by atoms with Crippen LogP contribution in [0, 0.1) is 0 Å². The third-order valence-electron chi connectivity index (χ3n) is 4.13. The van der Waals surface area contributed by atoms with Crippen LogP contribution in [0.25, 0.3) is 0 Å². The van der Waals surface area contributed by atoms with Gasteiger partial charge in [0.15, 0.2) is 11.5 Å². The number of hydrogen-bond acceptors (Lipinski definition) is 4. The van der Waals surface area contributed by atoms with Gasteiger partial charge in [0.2, 0.25) is 0 Å². The largest absolute Gasteiger partial charge is 0.490 e. The minimum absolute atomic E-state index is 0.114. The summed E-state index contributed by atoms with van der Waals surface area (Å²) in [6, 6.07) is 5.50. The predicted octanol–water partition coefficient (Wildman–Crippen LogP) is 2.39. The van der Waals surface area contributed by atoms with E-state index < -0.39 is 0 Å². The van der Waals surface area contributed by atoms with Crippen LogP contribution in [-0.2, 0) is 4.74 Å². The van der Waals surface area contributed by atoms with Crippen molar-refractivity contribution >= 4 is 6.03 Å². The molecule has 0 saturated carbocycles. The van der Waals surface area contributed by atoms with Crippen molar-refractivity contribution in [1.82, 2.24) is 10.6 Å². The van der Waals surface area contributed by atoms with Crippen LogP contribution < -0.4 is 20.1 Å². The number of carbonyl (C=O) groups excluding carboxylic acids is 1. The second-order valence-electron chi connectivity index (χ2n) is 5.97. The second kappa shape index (κ2) is 7.55. The van der Waals surface area contributed by atoms with Gasteiger partial charge >= 0.3 is 6.03 Å². The molecule has 6 nitrogen and oxygen atoms in total. The van der Waals surface area contributed by atoms with Crippen LogP contribution in [0.1, 0.15) is 37.8 Å². The molecule has 2 N–H and O–H groups in total. The van der Waals surface area contributed by atoms with E-state index in [9.17, 15) is 4.79 Å². The molecule has 0 spiro atoms. The van der Waals surface area contributed by atoms with Crippen molar-refractivity contribution in [1.29, 1.82) is 0 Å². The average Bonchev–Trinajstić information content (AvgIpc) is 2.96. The Kier molecular flexibility index (Phi) is 5.23. The number of hydrogen-bond donors (Lipinski definition) is 2. The van der Waals surface area contributed by atoms with Crippen molar-refractivity contribution < 1.29 is 19.0 Å². The molecule has 1 aromatic rings. The molecule has 1 fully saturated rings. The molecule has 2 atom stereocenters. The second-order valence-corrected chi connectivity index (χ2v) is 5.97. The summed E-state index contributed by atoms with van der Waals surface area (Å²) in [4.78, 5) is 12.0. The summed E-state index contributed by atoms with van der Waals surface area (Å²) < 4.78 is 16.8. The first kappa shape index (κ1) is 15.9. The van der Waals surface area contributed by atoms with Crippen LogP contribution in [-0.4, -0.2) is 38.5 Å². The molecule has 23 heavy (non-hydrogen) atoms. The highest BCUT2D eigenvalue weighted by Gasteiger charge is 2.18. The normalized spacial score (nSPS) is 21.3. The lowest BCUT2D eigenvalue weighted by Crippen LogP contribution is -2.40. The van der Waals surface area contributed by atoms with Crippen LogP contribution in [0.4, 0.5) is 4.79 Å². The SMILES string of the molecule is C[C@H](NC(=O)NC[C@H]1CCCO1)c1ccc2c(c1)OCCCO2. The summed E-state index contributed by atoms with van der Waals surface area (Å²) >= 11 is 0. The van der Waals surface area contributed by atoms with Crippen LogP contribution in [0.5, 0.6) is 11.5 Å². The fourth-order valence-electron chi connectivity index (χ4n) is 2.79. The molecule has 0 bridgehead atoms. The summed E-state index contributed by atoms with van der Waals surface area (Å²) in [5, 5.41) is 5.81. The molecular weight excluding hydrogens is 296 g/mol.